The number of hydrogen-bond acceptors (Lipinski definition) is 7. The van der Waals surface area contributed by atoms with Gasteiger partial charge >= 0.3 is 0 Å². The van der Waals surface area contributed by atoms with Crippen molar-refractivity contribution < 1.29 is 13.9 Å². The van der Waals surface area contributed by atoms with Crippen LogP contribution in [0.15, 0.2) is 18.5 Å². The number of carbonyl (C=O) groups excluding carboxylic acids is 1. The van der Waals surface area contributed by atoms with Crippen LogP contribution in [0.5, 0.6) is 5.75 Å². The van der Waals surface area contributed by atoms with Crippen LogP contribution in [0.3, 0.4) is 0 Å². The van der Waals surface area contributed by atoms with Crippen LogP contribution < -0.4 is 15.8 Å². The van der Waals surface area contributed by atoms with Crippen LogP contribution >= 0.6 is 11.6 Å². The molecule has 9 nitrogen and oxygen atoms in total. The lowest BCUT2D eigenvalue weighted by Gasteiger charge is -2.32. The van der Waals surface area contributed by atoms with Crippen molar-refractivity contribution in [1.29, 1.82) is 0 Å². The van der Waals surface area contributed by atoms with E-state index in [4.69, 9.17) is 27.1 Å². The molecular weight excluding hydrogens is 497 g/mol. The van der Waals surface area contributed by atoms with Gasteiger partial charge in [-0.05, 0) is 33.9 Å². The number of nitrogens with zero attached hydrogens (tertiary/aromatic N) is 5. The van der Waals surface area contributed by atoms with E-state index in [-0.39, 0.29) is 22.4 Å². The van der Waals surface area contributed by atoms with Crippen molar-refractivity contribution in [3.05, 3.63) is 51.9 Å². The number of anilines is 1. The van der Waals surface area contributed by atoms with Gasteiger partial charge in [0.15, 0.2) is 5.82 Å². The highest BCUT2D eigenvalue weighted by Gasteiger charge is 2.30. The molecule has 0 saturated carbocycles. The smallest absolute Gasteiger partial charge is 0.258 e. The van der Waals surface area contributed by atoms with E-state index < -0.39 is 17.6 Å². The van der Waals surface area contributed by atoms with Crippen molar-refractivity contribution in [3.8, 4) is 5.75 Å². The first kappa shape index (κ1) is 27.1. The fourth-order valence-corrected chi connectivity index (χ4v) is 4.93. The summed E-state index contributed by atoms with van der Waals surface area (Å²) in [5, 5.41) is 2.72. The third-order valence-corrected chi connectivity index (χ3v) is 7.00. The van der Waals surface area contributed by atoms with Gasteiger partial charge in [0.25, 0.3) is 5.91 Å². The minimum atomic E-state index is -0.803. The first-order valence-corrected chi connectivity index (χ1v) is 12.9. The monoisotopic (exact) mass is 531 g/mol. The lowest BCUT2D eigenvalue weighted by Crippen LogP contribution is -2.47. The van der Waals surface area contributed by atoms with Crippen molar-refractivity contribution in [1.82, 2.24) is 29.5 Å². The number of benzene rings is 1. The van der Waals surface area contributed by atoms with Crippen LogP contribution in [0.4, 0.5) is 10.2 Å². The van der Waals surface area contributed by atoms with Crippen LogP contribution in [0.1, 0.15) is 54.1 Å². The molecule has 0 spiro atoms. The number of likely N-dealkylation sites (N-methyl/N-ethyl adjacent to an activating group) is 1. The highest BCUT2D eigenvalue weighted by molar-refractivity contribution is 6.31. The van der Waals surface area contributed by atoms with E-state index in [0.29, 0.717) is 41.5 Å². The van der Waals surface area contributed by atoms with E-state index in [1.54, 1.807) is 12.4 Å². The molecule has 3 aromatic rings. The number of carbonyl (C=O) groups is 1. The molecule has 3 N–H and O–H groups in total. The minimum absolute atomic E-state index is 0.152. The number of nitrogen functional groups attached to an aromatic ring is 1. The molecular formula is C26H35ClFN7O2. The second-order valence-corrected chi connectivity index (χ2v) is 10.2. The summed E-state index contributed by atoms with van der Waals surface area (Å²) in [6.07, 6.45) is 3.07. The zero-order valence-corrected chi connectivity index (χ0v) is 22.8. The van der Waals surface area contributed by atoms with Crippen molar-refractivity contribution in [3.63, 3.8) is 0 Å². The first-order chi connectivity index (χ1) is 17.6. The third-order valence-electron chi connectivity index (χ3n) is 6.73. The van der Waals surface area contributed by atoms with Gasteiger partial charge < -0.3 is 20.7 Å². The van der Waals surface area contributed by atoms with Crippen molar-refractivity contribution in [2.75, 3.05) is 52.0 Å². The average molecular weight is 532 g/mol. The number of hydrogen-bond donors (Lipinski definition) is 2. The maximum atomic E-state index is 15.4. The normalized spacial score (nSPS) is 15.9. The number of aryl methyl sites for hydroxylation is 1. The van der Waals surface area contributed by atoms with E-state index in [1.165, 1.54) is 6.07 Å². The van der Waals surface area contributed by atoms with E-state index in [9.17, 15) is 4.79 Å². The van der Waals surface area contributed by atoms with Crippen molar-refractivity contribution in [2.24, 2.45) is 0 Å². The van der Waals surface area contributed by atoms with Crippen LogP contribution in [0.25, 0.3) is 5.52 Å². The Hall–Kier alpha value is -2.95. The zero-order chi connectivity index (χ0) is 26.9. The molecule has 37 heavy (non-hydrogen) atoms. The predicted molar refractivity (Wildman–Crippen MR) is 143 cm³/mol. The number of imidazole rings is 1. The molecule has 1 amide bonds. The number of fused-ring (bicyclic) bond motifs is 1. The maximum absolute atomic E-state index is 15.4. The number of aromatic nitrogens is 3. The summed E-state index contributed by atoms with van der Waals surface area (Å²) in [7, 11) is 2.09. The molecule has 200 valence electrons. The lowest BCUT2D eigenvalue weighted by atomic mass is 9.95. The van der Waals surface area contributed by atoms with Crippen LogP contribution in [0, 0.1) is 12.7 Å². The van der Waals surface area contributed by atoms with E-state index in [1.807, 2.05) is 32.1 Å². The van der Waals surface area contributed by atoms with E-state index in [2.05, 4.69) is 27.1 Å². The van der Waals surface area contributed by atoms with Gasteiger partial charge in [-0.1, -0.05) is 18.5 Å². The van der Waals surface area contributed by atoms with Gasteiger partial charge in [-0.15, -0.1) is 0 Å². The van der Waals surface area contributed by atoms with Gasteiger partial charge in [-0.2, -0.15) is 0 Å². The molecule has 1 atom stereocenters. The quantitative estimate of drug-likeness (QED) is 0.460. The standard InChI is InChI=1S/C26H35ClFN7O2/c1-15(2)37-23-18(16(3)25-32-17(4)22-24(29)30-7-9-35(22)25)14-19(27)21(28)20(23)26(36)31-6-8-34-12-10-33(5)11-13-34/h7,9,14-16H,6,8,10-13H2,1-5H3,(H2,29,30)(H,31,36). The Bertz CT molecular complexity index is 1290. The summed E-state index contributed by atoms with van der Waals surface area (Å²) >= 11 is 6.34. The number of nitrogens with two attached hydrogens (primary N) is 1. The Kier molecular flexibility index (Phi) is 8.20. The Morgan fingerprint density at radius 1 is 1.27 bits per heavy atom. The van der Waals surface area contributed by atoms with Crippen LogP contribution in [-0.4, -0.2) is 82.5 Å². The second-order valence-electron chi connectivity index (χ2n) is 9.84. The van der Waals surface area contributed by atoms with Crippen molar-refractivity contribution in [2.45, 2.75) is 39.7 Å². The molecule has 0 aliphatic carbocycles. The number of halogens is 2. The Morgan fingerprint density at radius 3 is 2.65 bits per heavy atom. The number of rotatable bonds is 8. The van der Waals surface area contributed by atoms with Gasteiger partial charge in [0.05, 0.1) is 16.8 Å². The summed E-state index contributed by atoms with van der Waals surface area (Å²) in [4.78, 5) is 26.8. The van der Waals surface area contributed by atoms with Gasteiger partial charge in [0.1, 0.15) is 28.5 Å². The average Bonchev–Trinajstić information content (AvgIpc) is 3.19. The highest BCUT2D eigenvalue weighted by atomic mass is 35.5. The van der Waals surface area contributed by atoms with E-state index >= 15 is 4.39 Å². The summed E-state index contributed by atoms with van der Waals surface area (Å²) in [5.41, 5.74) is 7.88. The Labute approximate surface area is 221 Å². The summed E-state index contributed by atoms with van der Waals surface area (Å²) < 4.78 is 23.3. The fourth-order valence-electron chi connectivity index (χ4n) is 4.72. The molecule has 1 fully saturated rings. The molecule has 4 rings (SSSR count). The Balaban J connectivity index is 1.68. The topological polar surface area (TPSA) is 101 Å². The summed E-state index contributed by atoms with van der Waals surface area (Å²) in [6, 6.07) is 1.52. The van der Waals surface area contributed by atoms with Gasteiger partial charge in [-0.25, -0.2) is 14.4 Å². The first-order valence-electron chi connectivity index (χ1n) is 12.5. The molecule has 1 saturated heterocycles. The summed E-state index contributed by atoms with van der Waals surface area (Å²) in [5.74, 6) is -0.579. The molecule has 2 aromatic heterocycles. The van der Waals surface area contributed by atoms with E-state index in [0.717, 1.165) is 26.2 Å². The van der Waals surface area contributed by atoms with Gasteiger partial charge in [0.2, 0.25) is 0 Å². The second kappa shape index (κ2) is 11.2. The molecule has 1 aliphatic rings. The zero-order valence-electron chi connectivity index (χ0n) is 22.0. The Morgan fingerprint density at radius 2 is 1.97 bits per heavy atom. The minimum Gasteiger partial charge on any atom is -0.490 e. The number of piperazine rings is 1. The van der Waals surface area contributed by atoms with Crippen molar-refractivity contribution >= 4 is 28.8 Å². The molecule has 11 heteroatoms. The molecule has 3 heterocycles. The summed E-state index contributed by atoms with van der Waals surface area (Å²) in [6.45, 7) is 12.3. The fraction of sp³-hybridized carbons (Fsp3) is 0.500. The third kappa shape index (κ3) is 5.66. The SMILES string of the molecule is Cc1nc(C(C)c2cc(Cl)c(F)c(C(=O)NCCN3CCN(C)CC3)c2OC(C)C)n2ccnc(N)c12. The largest absolute Gasteiger partial charge is 0.490 e. The molecule has 1 aromatic carbocycles. The van der Waals surface area contributed by atoms with Gasteiger partial charge in [-0.3, -0.25) is 14.1 Å². The molecule has 1 aliphatic heterocycles. The maximum Gasteiger partial charge on any atom is 0.258 e. The molecule has 0 bridgehead atoms. The lowest BCUT2D eigenvalue weighted by molar-refractivity contribution is 0.0930. The number of amides is 1. The van der Waals surface area contributed by atoms with Crippen LogP contribution in [-0.2, 0) is 0 Å². The van der Waals surface area contributed by atoms with Gasteiger partial charge in [0, 0.05) is 63.1 Å². The highest BCUT2D eigenvalue weighted by Crippen LogP contribution is 2.39. The molecule has 0 radical (unpaired) electrons. The molecule has 1 unspecified atom stereocenters. The number of ether oxygens (including phenoxy) is 1. The van der Waals surface area contributed by atoms with Crippen LogP contribution in [0.2, 0.25) is 5.02 Å². The predicted octanol–water partition coefficient (Wildman–Crippen LogP) is 3.33. The number of nitrogens with one attached hydrogen (secondary N) is 1.